The van der Waals surface area contributed by atoms with Gasteiger partial charge in [-0.05, 0) is 31.6 Å². The first-order valence-corrected chi connectivity index (χ1v) is 7.38. The fraction of sp³-hybridized carbons (Fsp3) is 0.667. The van der Waals surface area contributed by atoms with Crippen LogP contribution in [0.1, 0.15) is 43.5 Å². The third-order valence-electron chi connectivity index (χ3n) is 5.14. The van der Waals surface area contributed by atoms with Crippen molar-refractivity contribution in [3.8, 4) is 0 Å². The molecule has 100 valence electrons. The maximum absolute atomic E-state index is 12.9. The second-order valence-corrected chi connectivity index (χ2v) is 6.21. The molecule has 1 aromatic rings. The van der Waals surface area contributed by atoms with E-state index in [4.69, 9.17) is 0 Å². The Morgan fingerprint density at radius 2 is 1.95 bits per heavy atom. The average Bonchev–Trinajstić information content (AvgIpc) is 3.22. The number of hydrogen-bond donors (Lipinski definition) is 0. The molecule has 2 heterocycles. The molecule has 4 rings (SSSR count). The molecule has 0 unspecified atom stereocenters. The van der Waals surface area contributed by atoms with Crippen LogP contribution in [-0.2, 0) is 17.8 Å². The molecule has 2 aliphatic carbocycles. The normalized spacial score (nSPS) is 24.5. The van der Waals surface area contributed by atoms with Gasteiger partial charge in [0.15, 0.2) is 0 Å². The third kappa shape index (κ3) is 1.69. The van der Waals surface area contributed by atoms with Crippen LogP contribution in [0.15, 0.2) is 12.4 Å². The first kappa shape index (κ1) is 11.4. The van der Waals surface area contributed by atoms with Crippen LogP contribution in [0, 0.1) is 11.3 Å². The van der Waals surface area contributed by atoms with E-state index in [9.17, 15) is 4.79 Å². The minimum Gasteiger partial charge on any atom is -0.336 e. The van der Waals surface area contributed by atoms with Gasteiger partial charge in [-0.2, -0.15) is 0 Å². The Morgan fingerprint density at radius 1 is 1.21 bits per heavy atom. The first-order valence-electron chi connectivity index (χ1n) is 7.38. The van der Waals surface area contributed by atoms with Gasteiger partial charge in [0, 0.05) is 25.4 Å². The largest absolute Gasteiger partial charge is 0.336 e. The van der Waals surface area contributed by atoms with E-state index in [1.165, 1.54) is 19.3 Å². The predicted molar refractivity (Wildman–Crippen MR) is 70.2 cm³/mol. The highest BCUT2D eigenvalue weighted by molar-refractivity contribution is 5.84. The van der Waals surface area contributed by atoms with Crippen molar-refractivity contribution in [1.82, 2.24) is 14.9 Å². The molecule has 0 radical (unpaired) electrons. The summed E-state index contributed by atoms with van der Waals surface area (Å²) in [5.74, 6) is 1.08. The number of carbonyl (C=O) groups excluding carboxylic acids is 1. The lowest BCUT2D eigenvalue weighted by atomic mass is 9.64. The summed E-state index contributed by atoms with van der Waals surface area (Å²) in [6.07, 6.45) is 10.3. The minimum atomic E-state index is 0.0136. The van der Waals surface area contributed by atoms with Crippen LogP contribution in [0.2, 0.25) is 0 Å². The van der Waals surface area contributed by atoms with Crippen LogP contribution in [0.3, 0.4) is 0 Å². The molecule has 0 spiro atoms. The number of hydrogen-bond acceptors (Lipinski definition) is 3. The monoisotopic (exact) mass is 257 g/mol. The molecule has 1 aliphatic heterocycles. The molecule has 0 bridgehead atoms. The molecular formula is C15H19N3O. The Labute approximate surface area is 113 Å². The van der Waals surface area contributed by atoms with Crippen molar-refractivity contribution in [3.63, 3.8) is 0 Å². The topological polar surface area (TPSA) is 46.1 Å². The highest BCUT2D eigenvalue weighted by atomic mass is 16.2. The van der Waals surface area contributed by atoms with E-state index < -0.39 is 0 Å². The van der Waals surface area contributed by atoms with Gasteiger partial charge in [-0.3, -0.25) is 14.8 Å². The highest BCUT2D eigenvalue weighted by Crippen LogP contribution is 2.58. The van der Waals surface area contributed by atoms with Crippen molar-refractivity contribution in [2.45, 2.75) is 45.1 Å². The number of aromatic nitrogens is 2. The predicted octanol–water partition coefficient (Wildman–Crippen LogP) is 1.94. The summed E-state index contributed by atoms with van der Waals surface area (Å²) in [5, 5.41) is 0. The number of rotatable bonds is 2. The van der Waals surface area contributed by atoms with Gasteiger partial charge in [-0.1, -0.05) is 6.42 Å². The van der Waals surface area contributed by atoms with E-state index >= 15 is 0 Å². The maximum Gasteiger partial charge on any atom is 0.229 e. The van der Waals surface area contributed by atoms with Crippen LogP contribution in [0.25, 0.3) is 0 Å². The van der Waals surface area contributed by atoms with Crippen LogP contribution in [0.4, 0.5) is 0 Å². The van der Waals surface area contributed by atoms with Gasteiger partial charge in [0.2, 0.25) is 5.91 Å². The lowest BCUT2D eigenvalue weighted by Crippen LogP contribution is -2.50. The molecule has 0 saturated heterocycles. The van der Waals surface area contributed by atoms with Crippen molar-refractivity contribution in [3.05, 3.63) is 23.8 Å². The van der Waals surface area contributed by atoms with Gasteiger partial charge in [0.05, 0.1) is 23.3 Å². The lowest BCUT2D eigenvalue weighted by molar-refractivity contribution is -0.150. The van der Waals surface area contributed by atoms with Crippen LogP contribution >= 0.6 is 0 Å². The molecule has 19 heavy (non-hydrogen) atoms. The Bertz CT molecular complexity index is 520. The summed E-state index contributed by atoms with van der Waals surface area (Å²) in [5.41, 5.74) is 2.08. The molecule has 1 aromatic heterocycles. The fourth-order valence-corrected chi connectivity index (χ4v) is 3.72. The molecule has 3 aliphatic rings. The summed E-state index contributed by atoms with van der Waals surface area (Å²) >= 11 is 0. The van der Waals surface area contributed by atoms with E-state index in [1.54, 1.807) is 12.4 Å². The number of fused-ring (bicyclic) bond motifs is 1. The molecule has 2 fully saturated rings. The smallest absolute Gasteiger partial charge is 0.229 e. The van der Waals surface area contributed by atoms with Gasteiger partial charge in [-0.15, -0.1) is 0 Å². The van der Waals surface area contributed by atoms with E-state index in [-0.39, 0.29) is 5.41 Å². The Balaban J connectivity index is 1.56. The molecule has 0 aromatic carbocycles. The zero-order valence-electron chi connectivity index (χ0n) is 11.1. The van der Waals surface area contributed by atoms with Gasteiger partial charge in [-0.25, -0.2) is 0 Å². The maximum atomic E-state index is 12.9. The summed E-state index contributed by atoms with van der Waals surface area (Å²) in [4.78, 5) is 23.6. The van der Waals surface area contributed by atoms with E-state index in [0.717, 1.165) is 37.2 Å². The lowest BCUT2D eigenvalue weighted by Gasteiger charge is -2.44. The van der Waals surface area contributed by atoms with Crippen LogP contribution < -0.4 is 0 Å². The number of amides is 1. The quantitative estimate of drug-likeness (QED) is 0.813. The molecule has 2 saturated carbocycles. The van der Waals surface area contributed by atoms with Crippen molar-refractivity contribution in [2.75, 3.05) is 6.54 Å². The summed E-state index contributed by atoms with van der Waals surface area (Å²) in [6, 6.07) is 0. The fourth-order valence-electron chi connectivity index (χ4n) is 3.72. The second kappa shape index (κ2) is 4.02. The third-order valence-corrected chi connectivity index (χ3v) is 5.14. The SMILES string of the molecule is O=C(N1CCc2nccnc2C1)C1(C2CC2)CCC1. The first-order chi connectivity index (χ1) is 9.29. The molecule has 4 nitrogen and oxygen atoms in total. The van der Waals surface area contributed by atoms with Gasteiger partial charge >= 0.3 is 0 Å². The van der Waals surface area contributed by atoms with Crippen molar-refractivity contribution < 1.29 is 4.79 Å². The van der Waals surface area contributed by atoms with Gasteiger partial charge in [0.1, 0.15) is 0 Å². The molecule has 0 atom stereocenters. The molecule has 4 heteroatoms. The minimum absolute atomic E-state index is 0.0136. The zero-order valence-corrected chi connectivity index (χ0v) is 11.1. The standard InChI is InChI=1S/C15H19N3O/c19-14(15(5-1-6-15)11-2-3-11)18-9-4-12-13(10-18)17-8-7-16-12/h7-8,11H,1-6,9-10H2. The van der Waals surface area contributed by atoms with Crippen LogP contribution in [-0.4, -0.2) is 27.3 Å². The Morgan fingerprint density at radius 3 is 2.58 bits per heavy atom. The Kier molecular flexibility index (Phi) is 2.41. The van der Waals surface area contributed by atoms with Gasteiger partial charge < -0.3 is 4.90 Å². The summed E-state index contributed by atoms with van der Waals surface area (Å²) in [6.45, 7) is 1.48. The molecule has 0 N–H and O–H groups in total. The van der Waals surface area contributed by atoms with Crippen LogP contribution in [0.5, 0.6) is 0 Å². The molecule has 1 amide bonds. The second-order valence-electron chi connectivity index (χ2n) is 6.21. The highest BCUT2D eigenvalue weighted by Gasteiger charge is 2.55. The summed E-state index contributed by atoms with van der Waals surface area (Å²) < 4.78 is 0. The van der Waals surface area contributed by atoms with Crippen molar-refractivity contribution in [2.24, 2.45) is 11.3 Å². The van der Waals surface area contributed by atoms with E-state index in [1.807, 2.05) is 4.90 Å². The van der Waals surface area contributed by atoms with Crippen molar-refractivity contribution in [1.29, 1.82) is 0 Å². The van der Waals surface area contributed by atoms with Crippen molar-refractivity contribution >= 4 is 5.91 Å². The number of carbonyl (C=O) groups is 1. The Hall–Kier alpha value is -1.45. The zero-order chi connectivity index (χ0) is 12.9. The van der Waals surface area contributed by atoms with Gasteiger partial charge in [0.25, 0.3) is 0 Å². The van der Waals surface area contributed by atoms with E-state index in [2.05, 4.69) is 9.97 Å². The average molecular weight is 257 g/mol. The summed E-state index contributed by atoms with van der Waals surface area (Å²) in [7, 11) is 0. The van der Waals surface area contributed by atoms with E-state index in [0.29, 0.717) is 18.4 Å². The molecular weight excluding hydrogens is 238 g/mol. The number of nitrogens with zero attached hydrogens (tertiary/aromatic N) is 3.